The van der Waals surface area contributed by atoms with Gasteiger partial charge in [0, 0.05) is 81.7 Å². The van der Waals surface area contributed by atoms with Crippen molar-refractivity contribution in [1.82, 2.24) is 20.1 Å². The number of hydrogen-bond acceptors (Lipinski definition) is 5. The highest BCUT2D eigenvalue weighted by atomic mass is 16.5. The van der Waals surface area contributed by atoms with E-state index in [9.17, 15) is 0 Å². The Morgan fingerprint density at radius 1 is 1.38 bits per heavy atom. The number of nitrogens with zero attached hydrogens (tertiary/aromatic N) is 4. The maximum absolute atomic E-state index is 5.96. The van der Waals surface area contributed by atoms with Gasteiger partial charge in [-0.25, -0.2) is 0 Å². The van der Waals surface area contributed by atoms with E-state index in [0.717, 1.165) is 32.7 Å². The molecule has 130 valence electrons. The zero-order chi connectivity index (χ0) is 16.9. The lowest BCUT2D eigenvalue weighted by Crippen LogP contribution is -2.25. The van der Waals surface area contributed by atoms with Crippen LogP contribution in [-0.2, 0) is 17.8 Å². The molecule has 6 nitrogen and oxygen atoms in total. The Bertz CT molecular complexity index is 654. The molecule has 6 heteroatoms. The van der Waals surface area contributed by atoms with Crippen LogP contribution in [0.3, 0.4) is 0 Å². The summed E-state index contributed by atoms with van der Waals surface area (Å²) in [7, 11) is 4.12. The van der Waals surface area contributed by atoms with E-state index in [2.05, 4.69) is 53.6 Å². The van der Waals surface area contributed by atoms with Crippen molar-refractivity contribution < 1.29 is 4.74 Å². The summed E-state index contributed by atoms with van der Waals surface area (Å²) in [6.07, 6.45) is 9.07. The van der Waals surface area contributed by atoms with Gasteiger partial charge in [0.2, 0.25) is 0 Å². The van der Waals surface area contributed by atoms with E-state index in [1.165, 1.54) is 16.8 Å². The molecule has 1 fully saturated rings. The first-order chi connectivity index (χ1) is 11.7. The van der Waals surface area contributed by atoms with Crippen LogP contribution in [0.25, 0.3) is 0 Å². The van der Waals surface area contributed by atoms with Crippen LogP contribution in [-0.4, -0.2) is 42.0 Å². The van der Waals surface area contributed by atoms with Gasteiger partial charge in [0.25, 0.3) is 0 Å². The summed E-state index contributed by atoms with van der Waals surface area (Å²) >= 11 is 0. The molecule has 0 unspecified atom stereocenters. The van der Waals surface area contributed by atoms with Crippen LogP contribution in [0.5, 0.6) is 0 Å². The normalized spacial score (nSPS) is 20.5. The van der Waals surface area contributed by atoms with E-state index in [1.807, 2.05) is 23.3 Å². The van der Waals surface area contributed by atoms with Gasteiger partial charge in [-0.3, -0.25) is 9.67 Å². The molecule has 0 aromatic carbocycles. The summed E-state index contributed by atoms with van der Waals surface area (Å²) in [5, 5.41) is 7.96. The standard InChI is InChI=1S/C18H27N5O/c1-4-23-13-16(12-21-23)18-14(6-8-24-18)9-20-11-15-10-19-7-5-17(15)22(2)3/h5,7,10,12-14,18,20H,4,6,8-9,11H2,1-3H3/t14-,18+/m0/s1. The predicted octanol–water partition coefficient (Wildman–Crippen LogP) is 2.23. The molecule has 1 aliphatic rings. The lowest BCUT2D eigenvalue weighted by Gasteiger charge is -2.20. The van der Waals surface area contributed by atoms with E-state index in [-0.39, 0.29) is 6.10 Å². The van der Waals surface area contributed by atoms with Crippen molar-refractivity contribution in [2.24, 2.45) is 5.92 Å². The van der Waals surface area contributed by atoms with Crippen molar-refractivity contribution >= 4 is 5.69 Å². The fraction of sp³-hybridized carbons (Fsp3) is 0.556. The molecule has 2 aromatic rings. The number of pyridine rings is 1. The third-order valence-electron chi connectivity index (χ3n) is 4.60. The van der Waals surface area contributed by atoms with Crippen molar-refractivity contribution in [3.8, 4) is 0 Å². The lowest BCUT2D eigenvalue weighted by atomic mass is 9.97. The molecule has 3 heterocycles. The highest BCUT2D eigenvalue weighted by Crippen LogP contribution is 2.34. The van der Waals surface area contributed by atoms with Gasteiger partial charge < -0.3 is 15.0 Å². The SMILES string of the molecule is CCn1cc([C@@H]2OCC[C@H]2CNCc2cnccc2N(C)C)cn1. The van der Waals surface area contributed by atoms with Crippen molar-refractivity contribution in [2.75, 3.05) is 32.1 Å². The number of aryl methyl sites for hydroxylation is 1. The Morgan fingerprint density at radius 2 is 2.25 bits per heavy atom. The van der Waals surface area contributed by atoms with Crippen molar-refractivity contribution in [2.45, 2.75) is 32.5 Å². The molecule has 24 heavy (non-hydrogen) atoms. The van der Waals surface area contributed by atoms with Crippen LogP contribution >= 0.6 is 0 Å². The summed E-state index contributed by atoms with van der Waals surface area (Å²) in [6, 6.07) is 2.05. The lowest BCUT2D eigenvalue weighted by molar-refractivity contribution is 0.0904. The molecule has 1 aliphatic heterocycles. The summed E-state index contributed by atoms with van der Waals surface area (Å²) in [6.45, 7) is 5.57. The van der Waals surface area contributed by atoms with Gasteiger partial charge >= 0.3 is 0 Å². The second-order valence-electron chi connectivity index (χ2n) is 6.50. The zero-order valence-electron chi connectivity index (χ0n) is 14.8. The molecule has 2 aromatic heterocycles. The third kappa shape index (κ3) is 3.76. The molecule has 0 radical (unpaired) electrons. The van der Waals surface area contributed by atoms with Crippen LogP contribution in [0.1, 0.15) is 30.6 Å². The molecular weight excluding hydrogens is 302 g/mol. The summed E-state index contributed by atoms with van der Waals surface area (Å²) in [5.41, 5.74) is 3.62. The average molecular weight is 329 g/mol. The molecule has 1 saturated heterocycles. The third-order valence-corrected chi connectivity index (χ3v) is 4.60. The first kappa shape index (κ1) is 16.9. The summed E-state index contributed by atoms with van der Waals surface area (Å²) in [4.78, 5) is 6.37. The molecule has 1 N–H and O–H groups in total. The molecule has 2 atom stereocenters. The number of ether oxygens (including phenoxy) is 1. The highest BCUT2D eigenvalue weighted by molar-refractivity contribution is 5.50. The van der Waals surface area contributed by atoms with Crippen molar-refractivity contribution in [3.05, 3.63) is 42.0 Å². The van der Waals surface area contributed by atoms with Gasteiger partial charge in [-0.15, -0.1) is 0 Å². The van der Waals surface area contributed by atoms with Gasteiger partial charge in [0.15, 0.2) is 0 Å². The fourth-order valence-electron chi connectivity index (χ4n) is 3.30. The van der Waals surface area contributed by atoms with Crippen LogP contribution in [0, 0.1) is 5.92 Å². The summed E-state index contributed by atoms with van der Waals surface area (Å²) in [5.74, 6) is 0.485. The topological polar surface area (TPSA) is 55.2 Å². The number of aromatic nitrogens is 3. The molecule has 0 aliphatic carbocycles. The number of rotatable bonds is 7. The number of nitrogens with one attached hydrogen (secondary N) is 1. The minimum Gasteiger partial charge on any atom is -0.377 e. The number of anilines is 1. The second kappa shape index (κ2) is 7.77. The molecule has 3 rings (SSSR count). The van der Waals surface area contributed by atoms with Crippen LogP contribution in [0.4, 0.5) is 5.69 Å². The van der Waals surface area contributed by atoms with Gasteiger partial charge in [0.05, 0.1) is 12.3 Å². The molecule has 0 spiro atoms. The molecule has 0 amide bonds. The Kier molecular flexibility index (Phi) is 5.48. The molecular formula is C18H27N5O. The van der Waals surface area contributed by atoms with Crippen molar-refractivity contribution in [1.29, 1.82) is 0 Å². The van der Waals surface area contributed by atoms with E-state index >= 15 is 0 Å². The summed E-state index contributed by atoms with van der Waals surface area (Å²) < 4.78 is 7.92. The van der Waals surface area contributed by atoms with E-state index in [1.54, 1.807) is 0 Å². The smallest absolute Gasteiger partial charge is 0.0896 e. The van der Waals surface area contributed by atoms with E-state index < -0.39 is 0 Å². The minimum atomic E-state index is 0.153. The van der Waals surface area contributed by atoms with Crippen LogP contribution in [0.2, 0.25) is 0 Å². The average Bonchev–Trinajstić information content (AvgIpc) is 3.23. The number of hydrogen-bond donors (Lipinski definition) is 1. The van der Waals surface area contributed by atoms with Crippen molar-refractivity contribution in [3.63, 3.8) is 0 Å². The zero-order valence-corrected chi connectivity index (χ0v) is 14.8. The Labute approximate surface area is 143 Å². The maximum atomic E-state index is 5.96. The maximum Gasteiger partial charge on any atom is 0.0896 e. The second-order valence-corrected chi connectivity index (χ2v) is 6.50. The van der Waals surface area contributed by atoms with Crippen LogP contribution < -0.4 is 10.2 Å². The van der Waals surface area contributed by atoms with E-state index in [4.69, 9.17) is 4.74 Å². The quantitative estimate of drug-likeness (QED) is 0.844. The minimum absolute atomic E-state index is 0.153. The largest absolute Gasteiger partial charge is 0.377 e. The van der Waals surface area contributed by atoms with Gasteiger partial charge in [-0.2, -0.15) is 5.10 Å². The Hall–Kier alpha value is -1.92. The van der Waals surface area contributed by atoms with Gasteiger partial charge in [-0.1, -0.05) is 0 Å². The Morgan fingerprint density at radius 3 is 3.00 bits per heavy atom. The molecule has 0 saturated carbocycles. The molecule has 0 bridgehead atoms. The fourth-order valence-corrected chi connectivity index (χ4v) is 3.30. The van der Waals surface area contributed by atoms with Gasteiger partial charge in [-0.05, 0) is 19.4 Å². The predicted molar refractivity (Wildman–Crippen MR) is 95.0 cm³/mol. The first-order valence-corrected chi connectivity index (χ1v) is 8.64. The Balaban J connectivity index is 1.58. The van der Waals surface area contributed by atoms with Gasteiger partial charge in [0.1, 0.15) is 0 Å². The first-order valence-electron chi connectivity index (χ1n) is 8.64. The van der Waals surface area contributed by atoms with E-state index in [0.29, 0.717) is 5.92 Å². The van der Waals surface area contributed by atoms with Crippen LogP contribution in [0.15, 0.2) is 30.9 Å². The highest BCUT2D eigenvalue weighted by Gasteiger charge is 2.30. The monoisotopic (exact) mass is 329 g/mol.